The number of rotatable bonds is 5. The summed E-state index contributed by atoms with van der Waals surface area (Å²) in [5, 5.41) is 5.99. The highest BCUT2D eigenvalue weighted by Gasteiger charge is 2.16. The molecule has 2 amide bonds. The standard InChI is InChI=1S/C21H30N2O/c1-2-20(19-12-11-17-9-5-6-10-18(17)15-19)23-21(24)22-14-13-16-7-3-4-8-16/h11-16,20H,2-10H2,1H3,(H2,22,23,24)/b14-13+. The van der Waals surface area contributed by atoms with Gasteiger partial charge in [-0.15, -0.1) is 0 Å². The summed E-state index contributed by atoms with van der Waals surface area (Å²) in [4.78, 5) is 12.2. The Morgan fingerprint density at radius 2 is 1.92 bits per heavy atom. The largest absolute Gasteiger partial charge is 0.331 e. The molecule has 1 aromatic rings. The van der Waals surface area contributed by atoms with E-state index < -0.39 is 0 Å². The van der Waals surface area contributed by atoms with Crippen molar-refractivity contribution in [1.82, 2.24) is 10.6 Å². The maximum absolute atomic E-state index is 12.2. The molecule has 1 atom stereocenters. The lowest BCUT2D eigenvalue weighted by Crippen LogP contribution is -2.35. The van der Waals surface area contributed by atoms with Crippen LogP contribution in [-0.4, -0.2) is 6.03 Å². The summed E-state index contributed by atoms with van der Waals surface area (Å²) in [5.74, 6) is 0.646. The van der Waals surface area contributed by atoms with E-state index in [1.54, 1.807) is 0 Å². The molecule has 2 aliphatic rings. The third kappa shape index (κ3) is 4.40. The van der Waals surface area contributed by atoms with Gasteiger partial charge in [0.05, 0.1) is 6.04 Å². The van der Waals surface area contributed by atoms with Crippen LogP contribution in [0.1, 0.15) is 74.6 Å². The Morgan fingerprint density at radius 1 is 1.17 bits per heavy atom. The first-order chi connectivity index (χ1) is 11.8. The van der Waals surface area contributed by atoms with E-state index in [4.69, 9.17) is 0 Å². The number of carbonyl (C=O) groups excluding carboxylic acids is 1. The Morgan fingerprint density at radius 3 is 2.67 bits per heavy atom. The molecule has 130 valence electrons. The summed E-state index contributed by atoms with van der Waals surface area (Å²) in [5.41, 5.74) is 4.19. The quantitative estimate of drug-likeness (QED) is 0.784. The molecule has 2 N–H and O–H groups in total. The van der Waals surface area contributed by atoms with Gasteiger partial charge in [0, 0.05) is 6.20 Å². The van der Waals surface area contributed by atoms with Crippen LogP contribution >= 0.6 is 0 Å². The van der Waals surface area contributed by atoms with Crippen LogP contribution in [0.5, 0.6) is 0 Å². The zero-order chi connectivity index (χ0) is 16.8. The van der Waals surface area contributed by atoms with Gasteiger partial charge in [0.1, 0.15) is 0 Å². The van der Waals surface area contributed by atoms with Crippen molar-refractivity contribution < 1.29 is 4.79 Å². The van der Waals surface area contributed by atoms with E-state index in [0.717, 1.165) is 6.42 Å². The van der Waals surface area contributed by atoms with Crippen molar-refractivity contribution in [3.8, 4) is 0 Å². The number of hydrogen-bond acceptors (Lipinski definition) is 1. The lowest BCUT2D eigenvalue weighted by atomic mass is 9.89. The summed E-state index contributed by atoms with van der Waals surface area (Å²) < 4.78 is 0. The first-order valence-corrected chi connectivity index (χ1v) is 9.61. The monoisotopic (exact) mass is 326 g/mol. The smallest absolute Gasteiger partial charge is 0.319 e. The van der Waals surface area contributed by atoms with Crippen molar-refractivity contribution in [2.45, 2.75) is 70.8 Å². The molecular weight excluding hydrogens is 296 g/mol. The molecule has 1 saturated carbocycles. The van der Waals surface area contributed by atoms with Gasteiger partial charge in [0.15, 0.2) is 0 Å². The number of aryl methyl sites for hydroxylation is 2. The second-order valence-corrected chi connectivity index (χ2v) is 7.22. The molecule has 0 aliphatic heterocycles. The average Bonchev–Trinajstić information content (AvgIpc) is 3.12. The van der Waals surface area contributed by atoms with Gasteiger partial charge in [-0.2, -0.15) is 0 Å². The number of fused-ring (bicyclic) bond motifs is 1. The van der Waals surface area contributed by atoms with Crippen molar-refractivity contribution in [3.63, 3.8) is 0 Å². The molecule has 1 aromatic carbocycles. The van der Waals surface area contributed by atoms with Crippen molar-refractivity contribution in [2.75, 3.05) is 0 Å². The number of allylic oxidation sites excluding steroid dienone is 1. The Balaban J connectivity index is 1.56. The van der Waals surface area contributed by atoms with Crippen LogP contribution in [0.4, 0.5) is 4.79 Å². The minimum atomic E-state index is -0.103. The van der Waals surface area contributed by atoms with E-state index in [9.17, 15) is 4.79 Å². The van der Waals surface area contributed by atoms with Gasteiger partial charge in [-0.3, -0.25) is 0 Å². The number of benzene rings is 1. The predicted molar refractivity (Wildman–Crippen MR) is 98.9 cm³/mol. The molecular formula is C21H30N2O. The topological polar surface area (TPSA) is 41.1 Å². The average molecular weight is 326 g/mol. The molecule has 0 bridgehead atoms. The fourth-order valence-corrected chi connectivity index (χ4v) is 4.00. The molecule has 1 fully saturated rings. The van der Waals surface area contributed by atoms with Crippen molar-refractivity contribution in [2.24, 2.45) is 5.92 Å². The van der Waals surface area contributed by atoms with Gasteiger partial charge in [-0.05, 0) is 67.6 Å². The molecule has 0 heterocycles. The van der Waals surface area contributed by atoms with Gasteiger partial charge in [-0.25, -0.2) is 4.79 Å². The molecule has 1 unspecified atom stereocenters. The van der Waals surface area contributed by atoms with Crippen LogP contribution in [0.25, 0.3) is 0 Å². The SMILES string of the molecule is CCC(NC(=O)N/C=C/C1CCCC1)c1ccc2c(c1)CCCC2. The highest BCUT2D eigenvalue weighted by atomic mass is 16.2. The van der Waals surface area contributed by atoms with Gasteiger partial charge < -0.3 is 10.6 Å². The lowest BCUT2D eigenvalue weighted by molar-refractivity contribution is 0.240. The molecule has 24 heavy (non-hydrogen) atoms. The number of carbonyl (C=O) groups is 1. The fraction of sp³-hybridized carbons (Fsp3) is 0.571. The summed E-state index contributed by atoms with van der Waals surface area (Å²) in [6, 6.07) is 6.72. The Bertz CT molecular complexity index is 588. The van der Waals surface area contributed by atoms with Crippen molar-refractivity contribution in [1.29, 1.82) is 0 Å². The predicted octanol–water partition coefficient (Wildman–Crippen LogP) is 5.02. The molecule has 0 spiro atoms. The van der Waals surface area contributed by atoms with Crippen LogP contribution in [-0.2, 0) is 12.8 Å². The maximum Gasteiger partial charge on any atom is 0.319 e. The van der Waals surface area contributed by atoms with E-state index in [0.29, 0.717) is 5.92 Å². The van der Waals surface area contributed by atoms with Crippen molar-refractivity contribution >= 4 is 6.03 Å². The maximum atomic E-state index is 12.2. The molecule has 3 rings (SSSR count). The number of urea groups is 1. The first-order valence-electron chi connectivity index (χ1n) is 9.61. The van der Waals surface area contributed by atoms with Crippen LogP contribution in [0.15, 0.2) is 30.5 Å². The summed E-state index contributed by atoms with van der Waals surface area (Å²) in [6.07, 6.45) is 15.0. The summed E-state index contributed by atoms with van der Waals surface area (Å²) in [6.45, 7) is 2.12. The highest BCUT2D eigenvalue weighted by Crippen LogP contribution is 2.26. The van der Waals surface area contributed by atoms with Gasteiger partial charge in [0.2, 0.25) is 0 Å². The number of nitrogens with one attached hydrogen (secondary N) is 2. The second kappa shape index (κ2) is 8.36. The fourth-order valence-electron chi connectivity index (χ4n) is 4.00. The van der Waals surface area contributed by atoms with Crippen LogP contribution in [0.3, 0.4) is 0 Å². The molecule has 0 saturated heterocycles. The molecule has 3 heteroatoms. The lowest BCUT2D eigenvalue weighted by Gasteiger charge is -2.21. The van der Waals surface area contributed by atoms with E-state index in [1.807, 2.05) is 6.20 Å². The van der Waals surface area contributed by atoms with E-state index in [-0.39, 0.29) is 12.1 Å². The van der Waals surface area contributed by atoms with Crippen LogP contribution < -0.4 is 10.6 Å². The van der Waals surface area contributed by atoms with Crippen molar-refractivity contribution in [3.05, 3.63) is 47.2 Å². The van der Waals surface area contributed by atoms with Gasteiger partial charge in [-0.1, -0.05) is 44.0 Å². The van der Waals surface area contributed by atoms with Crippen LogP contribution in [0, 0.1) is 5.92 Å². The van der Waals surface area contributed by atoms with E-state index >= 15 is 0 Å². The third-order valence-electron chi connectivity index (χ3n) is 5.47. The molecule has 2 aliphatic carbocycles. The van der Waals surface area contributed by atoms with Gasteiger partial charge >= 0.3 is 6.03 Å². The van der Waals surface area contributed by atoms with Crippen LogP contribution in [0.2, 0.25) is 0 Å². The number of hydrogen-bond donors (Lipinski definition) is 2. The Labute approximate surface area is 145 Å². The summed E-state index contributed by atoms with van der Waals surface area (Å²) >= 11 is 0. The van der Waals surface area contributed by atoms with E-state index in [1.165, 1.54) is 68.1 Å². The minimum Gasteiger partial charge on any atom is -0.331 e. The van der Waals surface area contributed by atoms with Gasteiger partial charge in [0.25, 0.3) is 0 Å². The Hall–Kier alpha value is -1.77. The zero-order valence-electron chi connectivity index (χ0n) is 14.8. The highest BCUT2D eigenvalue weighted by molar-refractivity contribution is 5.75. The molecule has 3 nitrogen and oxygen atoms in total. The normalized spacial score (nSPS) is 19.2. The second-order valence-electron chi connectivity index (χ2n) is 7.22. The first kappa shape index (κ1) is 17.1. The minimum absolute atomic E-state index is 0.0807. The molecule has 0 radical (unpaired) electrons. The third-order valence-corrected chi connectivity index (χ3v) is 5.47. The molecule has 0 aromatic heterocycles. The summed E-state index contributed by atoms with van der Waals surface area (Å²) in [7, 11) is 0. The zero-order valence-corrected chi connectivity index (χ0v) is 14.8. The van der Waals surface area contributed by atoms with E-state index in [2.05, 4.69) is 41.8 Å². The Kier molecular flexibility index (Phi) is 5.95. The number of amides is 2.